The van der Waals surface area contributed by atoms with Crippen molar-refractivity contribution in [3.8, 4) is 0 Å². The third-order valence-corrected chi connectivity index (χ3v) is 3.35. The fraction of sp³-hybridized carbons (Fsp3) is 0.500. The maximum absolute atomic E-state index is 13.5. The SMILES string of the molecule is COCc1cc(C(=O)N2CCNCC2C)ccc1F.Cl. The number of methoxy groups -OCH3 is 1. The molecule has 0 spiro atoms. The Morgan fingerprint density at radius 1 is 1.55 bits per heavy atom. The van der Waals surface area contributed by atoms with Gasteiger partial charge in [-0.1, -0.05) is 0 Å². The number of nitrogens with one attached hydrogen (secondary N) is 1. The summed E-state index contributed by atoms with van der Waals surface area (Å²) in [6.45, 7) is 4.44. The highest BCUT2D eigenvalue weighted by molar-refractivity contribution is 5.94. The van der Waals surface area contributed by atoms with Crippen LogP contribution in [-0.2, 0) is 11.3 Å². The quantitative estimate of drug-likeness (QED) is 0.926. The number of piperazine rings is 1. The van der Waals surface area contributed by atoms with E-state index in [-0.39, 0.29) is 36.8 Å². The lowest BCUT2D eigenvalue weighted by Crippen LogP contribution is -2.52. The first kappa shape index (κ1) is 16.9. The minimum Gasteiger partial charge on any atom is -0.380 e. The Morgan fingerprint density at radius 2 is 2.30 bits per heavy atom. The molecular weight excluding hydrogens is 283 g/mol. The van der Waals surface area contributed by atoms with Crippen LogP contribution in [0.15, 0.2) is 18.2 Å². The van der Waals surface area contributed by atoms with Gasteiger partial charge in [0.25, 0.3) is 5.91 Å². The zero-order valence-electron chi connectivity index (χ0n) is 11.7. The summed E-state index contributed by atoms with van der Waals surface area (Å²) in [4.78, 5) is 14.2. The number of hydrogen-bond donors (Lipinski definition) is 1. The number of amides is 1. The van der Waals surface area contributed by atoms with Gasteiger partial charge in [-0.2, -0.15) is 0 Å². The topological polar surface area (TPSA) is 41.6 Å². The van der Waals surface area contributed by atoms with Gasteiger partial charge in [-0.3, -0.25) is 4.79 Å². The fourth-order valence-electron chi connectivity index (χ4n) is 2.28. The van der Waals surface area contributed by atoms with E-state index in [1.54, 1.807) is 6.07 Å². The second kappa shape index (κ2) is 7.57. The molecule has 0 radical (unpaired) electrons. The van der Waals surface area contributed by atoms with Gasteiger partial charge in [0.1, 0.15) is 5.82 Å². The molecule has 6 heteroatoms. The summed E-state index contributed by atoms with van der Waals surface area (Å²) < 4.78 is 18.5. The summed E-state index contributed by atoms with van der Waals surface area (Å²) >= 11 is 0. The van der Waals surface area contributed by atoms with Gasteiger partial charge >= 0.3 is 0 Å². The van der Waals surface area contributed by atoms with Crippen molar-refractivity contribution in [3.63, 3.8) is 0 Å². The molecule has 2 rings (SSSR count). The molecule has 1 N–H and O–H groups in total. The summed E-state index contributed by atoms with van der Waals surface area (Å²) in [6, 6.07) is 4.59. The minimum atomic E-state index is -0.341. The molecule has 1 heterocycles. The Balaban J connectivity index is 0.00000200. The smallest absolute Gasteiger partial charge is 0.254 e. The van der Waals surface area contributed by atoms with Gasteiger partial charge in [-0.05, 0) is 25.1 Å². The molecule has 0 aliphatic carbocycles. The first-order valence-corrected chi connectivity index (χ1v) is 6.42. The normalized spacial score (nSPS) is 18.6. The van der Waals surface area contributed by atoms with Gasteiger partial charge in [0, 0.05) is 43.9 Å². The monoisotopic (exact) mass is 302 g/mol. The molecule has 1 aliphatic rings. The third-order valence-electron chi connectivity index (χ3n) is 3.35. The number of hydrogen-bond acceptors (Lipinski definition) is 3. The highest BCUT2D eigenvalue weighted by Crippen LogP contribution is 2.15. The molecule has 1 aliphatic heterocycles. The van der Waals surface area contributed by atoms with E-state index in [1.165, 1.54) is 19.2 Å². The highest BCUT2D eigenvalue weighted by Gasteiger charge is 2.24. The molecule has 0 saturated carbocycles. The lowest BCUT2D eigenvalue weighted by Gasteiger charge is -2.34. The van der Waals surface area contributed by atoms with E-state index < -0.39 is 0 Å². The number of carbonyl (C=O) groups excluding carboxylic acids is 1. The van der Waals surface area contributed by atoms with Crippen molar-refractivity contribution in [1.82, 2.24) is 10.2 Å². The third kappa shape index (κ3) is 3.69. The summed E-state index contributed by atoms with van der Waals surface area (Å²) in [6.07, 6.45) is 0. The first-order chi connectivity index (χ1) is 9.13. The highest BCUT2D eigenvalue weighted by atomic mass is 35.5. The first-order valence-electron chi connectivity index (χ1n) is 6.42. The Kier molecular flexibility index (Phi) is 6.39. The molecular formula is C14H20ClFN2O2. The van der Waals surface area contributed by atoms with Crippen LogP contribution in [0.5, 0.6) is 0 Å². The van der Waals surface area contributed by atoms with Crippen LogP contribution in [0.1, 0.15) is 22.8 Å². The fourth-order valence-corrected chi connectivity index (χ4v) is 2.28. The Morgan fingerprint density at radius 3 is 2.95 bits per heavy atom. The molecule has 4 nitrogen and oxygen atoms in total. The summed E-state index contributed by atoms with van der Waals surface area (Å²) in [7, 11) is 1.51. The van der Waals surface area contributed by atoms with Crippen LogP contribution < -0.4 is 5.32 Å². The van der Waals surface area contributed by atoms with E-state index in [0.29, 0.717) is 17.7 Å². The largest absolute Gasteiger partial charge is 0.380 e. The van der Waals surface area contributed by atoms with Crippen molar-refractivity contribution >= 4 is 18.3 Å². The zero-order valence-corrected chi connectivity index (χ0v) is 12.5. The van der Waals surface area contributed by atoms with Gasteiger partial charge in [0.05, 0.1) is 6.61 Å². The van der Waals surface area contributed by atoms with Crippen molar-refractivity contribution in [2.75, 3.05) is 26.7 Å². The molecule has 1 saturated heterocycles. The van der Waals surface area contributed by atoms with Gasteiger partial charge in [0.15, 0.2) is 0 Å². The van der Waals surface area contributed by atoms with Crippen LogP contribution in [0, 0.1) is 5.82 Å². The molecule has 1 atom stereocenters. The summed E-state index contributed by atoms with van der Waals surface area (Å²) in [5.41, 5.74) is 0.929. The summed E-state index contributed by atoms with van der Waals surface area (Å²) in [5, 5.41) is 3.24. The lowest BCUT2D eigenvalue weighted by molar-refractivity contribution is 0.0655. The summed E-state index contributed by atoms with van der Waals surface area (Å²) in [5.74, 6) is -0.391. The van der Waals surface area contributed by atoms with Gasteiger partial charge in [-0.15, -0.1) is 12.4 Å². The van der Waals surface area contributed by atoms with E-state index in [4.69, 9.17) is 4.74 Å². The molecule has 1 amide bonds. The number of benzene rings is 1. The van der Waals surface area contributed by atoms with Crippen molar-refractivity contribution in [2.45, 2.75) is 19.6 Å². The molecule has 1 fully saturated rings. The second-order valence-corrected chi connectivity index (χ2v) is 4.79. The van der Waals surface area contributed by atoms with E-state index in [1.807, 2.05) is 11.8 Å². The molecule has 20 heavy (non-hydrogen) atoms. The average molecular weight is 303 g/mol. The predicted octanol–water partition coefficient (Wildman–Crippen LogP) is 1.83. The van der Waals surface area contributed by atoms with E-state index in [9.17, 15) is 9.18 Å². The maximum atomic E-state index is 13.5. The molecule has 0 aromatic heterocycles. The van der Waals surface area contributed by atoms with E-state index >= 15 is 0 Å². The molecule has 1 aromatic carbocycles. The van der Waals surface area contributed by atoms with E-state index in [2.05, 4.69) is 5.32 Å². The number of nitrogens with zero attached hydrogens (tertiary/aromatic N) is 1. The van der Waals surface area contributed by atoms with Gasteiger partial charge in [-0.25, -0.2) is 4.39 Å². The van der Waals surface area contributed by atoms with Crippen molar-refractivity contribution in [2.24, 2.45) is 0 Å². The number of halogens is 2. The van der Waals surface area contributed by atoms with Crippen LogP contribution in [0.25, 0.3) is 0 Å². The zero-order chi connectivity index (χ0) is 13.8. The second-order valence-electron chi connectivity index (χ2n) is 4.79. The molecule has 1 unspecified atom stereocenters. The number of rotatable bonds is 3. The van der Waals surface area contributed by atoms with Crippen LogP contribution >= 0.6 is 12.4 Å². The van der Waals surface area contributed by atoms with Crippen molar-refractivity contribution in [1.29, 1.82) is 0 Å². The Bertz CT molecular complexity index is 470. The maximum Gasteiger partial charge on any atom is 0.254 e. The predicted molar refractivity (Wildman–Crippen MR) is 77.7 cm³/mol. The Labute approximate surface area is 124 Å². The number of carbonyl (C=O) groups is 1. The molecule has 0 bridgehead atoms. The minimum absolute atomic E-state index is 0. The van der Waals surface area contributed by atoms with Crippen LogP contribution in [0.4, 0.5) is 4.39 Å². The van der Waals surface area contributed by atoms with Crippen LogP contribution in [0.3, 0.4) is 0 Å². The number of ether oxygens (including phenoxy) is 1. The van der Waals surface area contributed by atoms with Crippen LogP contribution in [-0.4, -0.2) is 43.6 Å². The van der Waals surface area contributed by atoms with Gasteiger partial charge in [0.2, 0.25) is 0 Å². The van der Waals surface area contributed by atoms with Crippen LogP contribution in [0.2, 0.25) is 0 Å². The average Bonchev–Trinajstić information content (AvgIpc) is 2.41. The van der Waals surface area contributed by atoms with Gasteiger partial charge < -0.3 is 15.0 Å². The standard InChI is InChI=1S/C14H19FN2O2.ClH/c1-10-8-16-5-6-17(10)14(18)11-3-4-13(15)12(7-11)9-19-2;/h3-4,7,10,16H,5-6,8-9H2,1-2H3;1H. The van der Waals surface area contributed by atoms with Crippen molar-refractivity contribution in [3.05, 3.63) is 35.1 Å². The van der Waals surface area contributed by atoms with Crippen molar-refractivity contribution < 1.29 is 13.9 Å². The molecule has 1 aromatic rings. The van der Waals surface area contributed by atoms with E-state index in [0.717, 1.165) is 13.1 Å². The Hall–Kier alpha value is -1.17. The molecule has 112 valence electrons. The lowest BCUT2D eigenvalue weighted by atomic mass is 10.1.